The van der Waals surface area contributed by atoms with Crippen LogP contribution < -0.4 is 5.32 Å². The number of likely N-dealkylation sites (N-methyl/N-ethyl adjacent to an activating group) is 1. The topological polar surface area (TPSA) is 32.3 Å². The van der Waals surface area contributed by atoms with E-state index >= 15 is 0 Å². The van der Waals surface area contributed by atoms with E-state index in [4.69, 9.17) is 0 Å². The van der Waals surface area contributed by atoms with Crippen LogP contribution in [0.5, 0.6) is 0 Å². The molecule has 1 aromatic rings. The molecule has 3 heteroatoms. The molecular weight excluding hydrogens is 284 g/mol. The molecule has 1 unspecified atom stereocenters. The Morgan fingerprint density at radius 3 is 2.96 bits per heavy atom. The molecule has 7 rings (SSSR count). The number of para-hydroxylation sites is 1. The van der Waals surface area contributed by atoms with E-state index in [0.29, 0.717) is 30.0 Å². The zero-order valence-corrected chi connectivity index (χ0v) is 13.9. The van der Waals surface area contributed by atoms with Gasteiger partial charge in [-0.1, -0.05) is 24.3 Å². The number of aliphatic hydroxyl groups excluding tert-OH is 1. The fraction of sp³-hybridized carbons (Fsp3) is 0.600. The smallest absolute Gasteiger partial charge is 0.111 e. The van der Waals surface area contributed by atoms with Gasteiger partial charge in [-0.05, 0) is 24.1 Å². The van der Waals surface area contributed by atoms with Gasteiger partial charge in [0.2, 0.25) is 0 Å². The van der Waals surface area contributed by atoms with Crippen molar-refractivity contribution < 1.29 is 9.59 Å². The summed E-state index contributed by atoms with van der Waals surface area (Å²) in [6.45, 7) is 3.39. The summed E-state index contributed by atoms with van der Waals surface area (Å²) in [5, 5.41) is 15.4. The average molecular weight is 309 g/mol. The van der Waals surface area contributed by atoms with Gasteiger partial charge < -0.3 is 14.9 Å². The van der Waals surface area contributed by atoms with Gasteiger partial charge in [0.25, 0.3) is 0 Å². The van der Waals surface area contributed by atoms with Crippen LogP contribution in [-0.2, 0) is 5.41 Å². The average Bonchev–Trinajstić information content (AvgIpc) is 3.02. The van der Waals surface area contributed by atoms with Crippen LogP contribution in [0.4, 0.5) is 5.69 Å². The van der Waals surface area contributed by atoms with Crippen LogP contribution >= 0.6 is 0 Å². The largest absolute Gasteiger partial charge is 0.392 e. The Morgan fingerprint density at radius 1 is 1.30 bits per heavy atom. The molecule has 120 valence electrons. The van der Waals surface area contributed by atoms with E-state index in [2.05, 4.69) is 49.6 Å². The van der Waals surface area contributed by atoms with Crippen LogP contribution in [0.25, 0.3) is 0 Å². The number of quaternary nitrogens is 1. The molecule has 5 heterocycles. The molecule has 5 bridgehead atoms. The highest BCUT2D eigenvalue weighted by Crippen LogP contribution is 2.68. The number of benzene rings is 1. The molecule has 2 N–H and O–H groups in total. The summed E-state index contributed by atoms with van der Waals surface area (Å²) >= 11 is 0. The van der Waals surface area contributed by atoms with Crippen molar-refractivity contribution in [3.05, 3.63) is 41.5 Å². The molecular formula is C20H25N2O+. The second kappa shape index (κ2) is 3.68. The van der Waals surface area contributed by atoms with Crippen molar-refractivity contribution in [2.24, 2.45) is 11.8 Å². The van der Waals surface area contributed by atoms with Crippen molar-refractivity contribution >= 4 is 5.69 Å². The number of fused-ring (bicyclic) bond motifs is 2. The van der Waals surface area contributed by atoms with E-state index in [-0.39, 0.29) is 11.5 Å². The molecule has 1 spiro atoms. The van der Waals surface area contributed by atoms with Gasteiger partial charge in [0.15, 0.2) is 0 Å². The Labute approximate surface area is 137 Å². The Hall–Kier alpha value is -1.32. The summed E-state index contributed by atoms with van der Waals surface area (Å²) in [6, 6.07) is 10.4. The number of rotatable bonds is 0. The van der Waals surface area contributed by atoms with E-state index < -0.39 is 0 Å². The van der Waals surface area contributed by atoms with E-state index in [1.807, 2.05) is 0 Å². The van der Waals surface area contributed by atoms with E-state index in [9.17, 15) is 5.11 Å². The first-order chi connectivity index (χ1) is 11.1. The van der Waals surface area contributed by atoms with Gasteiger partial charge in [0.05, 0.1) is 30.7 Å². The molecule has 4 saturated heterocycles. The highest BCUT2D eigenvalue weighted by molar-refractivity contribution is 5.65. The predicted octanol–water partition coefficient (Wildman–Crippen LogP) is 2.28. The minimum Gasteiger partial charge on any atom is -0.392 e. The zero-order chi connectivity index (χ0) is 15.6. The Bertz CT molecular complexity index is 758. The summed E-state index contributed by atoms with van der Waals surface area (Å²) in [7, 11) is 2.47. The lowest BCUT2D eigenvalue weighted by Gasteiger charge is -2.62. The quantitative estimate of drug-likeness (QED) is 0.569. The van der Waals surface area contributed by atoms with Crippen LogP contribution in [0.2, 0.25) is 0 Å². The molecule has 1 aromatic carbocycles. The first-order valence-corrected chi connectivity index (χ1v) is 9.15. The molecule has 0 radical (unpaired) electrons. The fourth-order valence-electron chi connectivity index (χ4n) is 7.57. The number of nitrogens with one attached hydrogen (secondary N) is 1. The SMILES string of the molecule is C/C=C1\C[N+]2(C)[C@H]3C[C@@]45c6ccccc6N[C@H]4[C@@H]2C[C@@H]1[C@H]3[C@H]5O. The predicted molar refractivity (Wildman–Crippen MR) is 90.1 cm³/mol. The summed E-state index contributed by atoms with van der Waals surface area (Å²) in [5.41, 5.74) is 4.24. The fourth-order valence-corrected chi connectivity index (χ4v) is 7.57. The normalized spacial score (nSPS) is 55.9. The number of aliphatic hydroxyl groups is 1. The van der Waals surface area contributed by atoms with Gasteiger partial charge in [0.1, 0.15) is 12.6 Å². The molecule has 3 nitrogen and oxygen atoms in total. The zero-order valence-electron chi connectivity index (χ0n) is 13.9. The summed E-state index contributed by atoms with van der Waals surface area (Å²) in [4.78, 5) is 0. The van der Waals surface area contributed by atoms with Crippen molar-refractivity contribution in [1.29, 1.82) is 0 Å². The number of hydrogen-bond donors (Lipinski definition) is 2. The number of allylic oxidation sites excluding steroid dienone is 1. The standard InChI is InChI=1S/C20H25N2O/c1-3-11-10-22(2)15-8-12(11)17-16(22)9-20(19(17)23)13-6-4-5-7-14(13)21-18(15)20/h3-7,12,15-19,21,23H,8-10H2,1-2H3/q+1/b11-3+/t12-,15-,16-,17+,18-,19+,20+,22?/m0/s1. The molecule has 0 amide bonds. The van der Waals surface area contributed by atoms with Crippen LogP contribution in [0, 0.1) is 11.8 Å². The maximum absolute atomic E-state index is 11.6. The summed E-state index contributed by atoms with van der Waals surface area (Å²) in [5.74, 6) is 1.07. The second-order valence-corrected chi connectivity index (χ2v) is 8.78. The van der Waals surface area contributed by atoms with Crippen LogP contribution in [0.3, 0.4) is 0 Å². The highest BCUT2D eigenvalue weighted by Gasteiger charge is 2.78. The lowest BCUT2D eigenvalue weighted by atomic mass is 9.64. The Morgan fingerprint density at radius 2 is 2.13 bits per heavy atom. The van der Waals surface area contributed by atoms with Gasteiger partial charge >= 0.3 is 0 Å². The van der Waals surface area contributed by atoms with E-state index in [1.54, 1.807) is 5.57 Å². The third-order valence-electron chi connectivity index (χ3n) is 8.41. The molecule has 6 aliphatic rings. The molecule has 5 aliphatic heterocycles. The highest BCUT2D eigenvalue weighted by atomic mass is 16.3. The van der Waals surface area contributed by atoms with Crippen molar-refractivity contribution in [3.8, 4) is 0 Å². The number of hydrogen-bond acceptors (Lipinski definition) is 2. The third-order valence-corrected chi connectivity index (χ3v) is 8.41. The maximum atomic E-state index is 11.6. The van der Waals surface area contributed by atoms with Gasteiger partial charge in [-0.25, -0.2) is 0 Å². The van der Waals surface area contributed by atoms with E-state index in [1.165, 1.54) is 24.2 Å². The molecule has 5 fully saturated rings. The number of nitrogens with zero attached hydrogens (tertiary/aromatic N) is 1. The molecule has 1 saturated carbocycles. The Kier molecular flexibility index (Phi) is 2.08. The molecule has 0 aromatic heterocycles. The summed E-state index contributed by atoms with van der Waals surface area (Å²) in [6.07, 6.45) is 4.56. The molecule has 1 aliphatic carbocycles. The molecule has 8 atom stereocenters. The van der Waals surface area contributed by atoms with E-state index in [0.717, 1.165) is 10.9 Å². The lowest BCUT2D eigenvalue weighted by molar-refractivity contribution is -0.973. The van der Waals surface area contributed by atoms with Crippen molar-refractivity contribution in [1.82, 2.24) is 0 Å². The molecule has 23 heavy (non-hydrogen) atoms. The van der Waals surface area contributed by atoms with Gasteiger partial charge in [-0.15, -0.1) is 0 Å². The monoisotopic (exact) mass is 309 g/mol. The minimum absolute atomic E-state index is 0.0354. The van der Waals surface area contributed by atoms with Crippen LogP contribution in [0.1, 0.15) is 25.3 Å². The number of piperidine rings is 4. The van der Waals surface area contributed by atoms with Crippen LogP contribution in [-0.4, -0.2) is 47.4 Å². The van der Waals surface area contributed by atoms with Crippen molar-refractivity contribution in [2.45, 2.75) is 49.4 Å². The van der Waals surface area contributed by atoms with Crippen molar-refractivity contribution in [3.63, 3.8) is 0 Å². The minimum atomic E-state index is -0.196. The maximum Gasteiger partial charge on any atom is 0.111 e. The first kappa shape index (κ1) is 13.0. The summed E-state index contributed by atoms with van der Waals surface area (Å²) < 4.78 is 1.16. The van der Waals surface area contributed by atoms with Crippen molar-refractivity contribution in [2.75, 3.05) is 18.9 Å². The van der Waals surface area contributed by atoms with Crippen LogP contribution in [0.15, 0.2) is 35.9 Å². The Balaban J connectivity index is 1.63. The second-order valence-electron chi connectivity index (χ2n) is 8.78. The first-order valence-electron chi connectivity index (χ1n) is 9.15. The number of anilines is 1. The van der Waals surface area contributed by atoms with Gasteiger partial charge in [0, 0.05) is 30.4 Å². The lowest BCUT2D eigenvalue weighted by Crippen LogP contribution is -2.75. The third kappa shape index (κ3) is 1.14. The van der Waals surface area contributed by atoms with Gasteiger partial charge in [-0.3, -0.25) is 0 Å². The van der Waals surface area contributed by atoms with Gasteiger partial charge in [-0.2, -0.15) is 0 Å².